The summed E-state index contributed by atoms with van der Waals surface area (Å²) in [6.45, 7) is 0. The Bertz CT molecular complexity index is 1060. The smallest absolute Gasteiger partial charge is 0.102 e. The average molecular weight is 437 g/mol. The molecule has 0 aromatic heterocycles. The van der Waals surface area contributed by atoms with Crippen LogP contribution >= 0.6 is 26.4 Å². The summed E-state index contributed by atoms with van der Waals surface area (Å²) >= 11 is 3.49. The van der Waals surface area contributed by atoms with Crippen molar-refractivity contribution >= 4 is 37.5 Å². The molecule has 0 aliphatic carbocycles. The lowest BCUT2D eigenvalue weighted by molar-refractivity contribution is 0.561. The fraction of sp³-hybridized carbons (Fsp3) is 0.0476. The standard InChI is InChI=1S/C21H17BrN4S/c22-17-7-4-8-19(9-17)25-26-12-18(24)10-20-21(26)16(11-23)14-27(20)13-15-5-2-1-3-6-15/h1-10,12,14,25H,13,24H2. The van der Waals surface area contributed by atoms with Crippen LogP contribution in [-0.4, -0.2) is 10.4 Å². The molecule has 4 rings (SSSR count). The number of anilines is 1. The maximum absolute atomic E-state index is 9.71. The Morgan fingerprint density at radius 2 is 1.96 bits per heavy atom. The van der Waals surface area contributed by atoms with Gasteiger partial charge in [-0.15, -0.1) is 10.5 Å². The summed E-state index contributed by atoms with van der Waals surface area (Å²) in [5, 5.41) is 13.6. The largest absolute Gasteiger partial charge is 0.397 e. The Balaban J connectivity index is 1.67. The highest BCUT2D eigenvalue weighted by Gasteiger charge is 2.28. The molecule has 0 saturated heterocycles. The van der Waals surface area contributed by atoms with Gasteiger partial charge in [0, 0.05) is 21.3 Å². The van der Waals surface area contributed by atoms with Crippen molar-refractivity contribution in [2.45, 2.75) is 5.75 Å². The zero-order valence-corrected chi connectivity index (χ0v) is 16.8. The second kappa shape index (κ2) is 7.47. The lowest BCUT2D eigenvalue weighted by atomic mass is 10.2. The molecule has 3 N–H and O–H groups in total. The van der Waals surface area contributed by atoms with E-state index in [0.717, 1.165) is 26.5 Å². The fourth-order valence-electron chi connectivity index (χ4n) is 3.05. The topological polar surface area (TPSA) is 65.1 Å². The molecular formula is C21H17BrN4S. The molecule has 1 unspecified atom stereocenters. The predicted octanol–water partition coefficient (Wildman–Crippen LogP) is 4.84. The van der Waals surface area contributed by atoms with Crippen molar-refractivity contribution in [3.63, 3.8) is 0 Å². The minimum atomic E-state index is -0.201. The number of hydrazine groups is 1. The maximum atomic E-state index is 9.71. The molecule has 2 aromatic carbocycles. The van der Waals surface area contributed by atoms with E-state index < -0.39 is 0 Å². The van der Waals surface area contributed by atoms with E-state index in [2.05, 4.69) is 44.9 Å². The molecular weight excluding hydrogens is 420 g/mol. The number of hydrogen-bond acceptors (Lipinski definition) is 4. The van der Waals surface area contributed by atoms with Gasteiger partial charge in [-0.05, 0) is 35.2 Å². The van der Waals surface area contributed by atoms with Crippen LogP contribution in [-0.2, 0) is 5.75 Å². The minimum absolute atomic E-state index is 0.201. The van der Waals surface area contributed by atoms with Gasteiger partial charge < -0.3 is 5.73 Å². The van der Waals surface area contributed by atoms with E-state index in [0.29, 0.717) is 11.3 Å². The van der Waals surface area contributed by atoms with E-state index in [1.54, 1.807) is 0 Å². The lowest BCUT2D eigenvalue weighted by Gasteiger charge is -2.29. The summed E-state index contributed by atoms with van der Waals surface area (Å²) in [6.07, 6.45) is 3.81. The summed E-state index contributed by atoms with van der Waals surface area (Å²) < 4.78 is 0.980. The van der Waals surface area contributed by atoms with Gasteiger partial charge in [-0.25, -0.2) is 0 Å². The first kappa shape index (κ1) is 17.7. The molecule has 0 fully saturated rings. The molecule has 2 aliphatic heterocycles. The number of halogens is 1. The quantitative estimate of drug-likeness (QED) is 0.672. The van der Waals surface area contributed by atoms with Gasteiger partial charge >= 0.3 is 0 Å². The van der Waals surface area contributed by atoms with Gasteiger partial charge in [0.25, 0.3) is 0 Å². The molecule has 4 nitrogen and oxygen atoms in total. The Morgan fingerprint density at radius 1 is 1.15 bits per heavy atom. The van der Waals surface area contributed by atoms with Gasteiger partial charge in [0.05, 0.1) is 22.7 Å². The summed E-state index contributed by atoms with van der Waals surface area (Å²) in [7, 11) is -0.201. The van der Waals surface area contributed by atoms with E-state index in [9.17, 15) is 5.26 Å². The van der Waals surface area contributed by atoms with Crippen molar-refractivity contribution in [2.24, 2.45) is 5.73 Å². The molecule has 0 spiro atoms. The van der Waals surface area contributed by atoms with Crippen LogP contribution in [0.3, 0.4) is 0 Å². The number of nitriles is 1. The van der Waals surface area contributed by atoms with Crippen molar-refractivity contribution in [3.05, 3.63) is 98.8 Å². The molecule has 134 valence electrons. The Hall–Kier alpha value is -2.75. The van der Waals surface area contributed by atoms with E-state index in [4.69, 9.17) is 5.73 Å². The molecule has 0 bridgehead atoms. The number of nitrogens with one attached hydrogen (secondary N) is 1. The number of rotatable bonds is 4. The van der Waals surface area contributed by atoms with Gasteiger partial charge in [-0.2, -0.15) is 5.26 Å². The monoisotopic (exact) mass is 436 g/mol. The van der Waals surface area contributed by atoms with Gasteiger partial charge in [-0.3, -0.25) is 10.4 Å². The second-order valence-electron chi connectivity index (χ2n) is 6.18. The predicted molar refractivity (Wildman–Crippen MR) is 116 cm³/mol. The average Bonchev–Trinajstić information content (AvgIpc) is 3.00. The Labute approximate surface area is 169 Å². The highest BCUT2D eigenvalue weighted by atomic mass is 79.9. The summed E-state index contributed by atoms with van der Waals surface area (Å²) in [6, 6.07) is 20.6. The molecule has 1 atom stereocenters. The SMILES string of the molecule is N#CC1=C2C(=CC(N)=CN2Nc2cccc(Br)c2)S(Cc2ccccc2)=C1. The number of nitrogens with zero attached hydrogens (tertiary/aromatic N) is 2. The van der Waals surface area contributed by atoms with Crippen LogP contribution < -0.4 is 11.2 Å². The zero-order valence-electron chi connectivity index (χ0n) is 14.4. The highest BCUT2D eigenvalue weighted by molar-refractivity contribution is 9.10. The van der Waals surface area contributed by atoms with Crippen molar-refractivity contribution in [3.8, 4) is 6.07 Å². The Kier molecular flexibility index (Phi) is 4.88. The fourth-order valence-corrected chi connectivity index (χ4v) is 5.56. The van der Waals surface area contributed by atoms with E-state index >= 15 is 0 Å². The maximum Gasteiger partial charge on any atom is 0.102 e. The van der Waals surface area contributed by atoms with E-state index in [1.165, 1.54) is 5.56 Å². The number of nitrogens with two attached hydrogens (primary N) is 1. The van der Waals surface area contributed by atoms with Gasteiger partial charge in [-0.1, -0.05) is 52.3 Å². The van der Waals surface area contributed by atoms with Crippen molar-refractivity contribution in [1.82, 2.24) is 5.01 Å². The Morgan fingerprint density at radius 3 is 2.70 bits per heavy atom. The number of allylic oxidation sites excluding steroid dienone is 2. The molecule has 6 heteroatoms. The molecule has 27 heavy (non-hydrogen) atoms. The summed E-state index contributed by atoms with van der Waals surface area (Å²) in [5.41, 5.74) is 13.9. The molecule has 2 aliphatic rings. The first-order chi connectivity index (χ1) is 13.1. The normalized spacial score (nSPS) is 18.2. The number of benzene rings is 2. The number of hydrogen-bond donors (Lipinski definition) is 2. The third-order valence-corrected chi connectivity index (χ3v) is 6.74. The zero-order chi connectivity index (χ0) is 18.8. The molecule has 2 aromatic rings. The molecule has 0 radical (unpaired) electrons. The van der Waals surface area contributed by atoms with Gasteiger partial charge in [0.2, 0.25) is 0 Å². The second-order valence-corrected chi connectivity index (χ2v) is 8.92. The first-order valence-corrected chi connectivity index (χ1v) is 10.6. The summed E-state index contributed by atoms with van der Waals surface area (Å²) in [5.74, 6) is 0.860. The van der Waals surface area contributed by atoms with E-state index in [1.807, 2.05) is 59.7 Å². The molecule has 0 saturated carbocycles. The molecule has 2 heterocycles. The van der Waals surface area contributed by atoms with Gasteiger partial charge in [0.1, 0.15) is 6.07 Å². The minimum Gasteiger partial charge on any atom is -0.397 e. The van der Waals surface area contributed by atoms with Crippen molar-refractivity contribution in [1.29, 1.82) is 5.26 Å². The summed E-state index contributed by atoms with van der Waals surface area (Å²) in [4.78, 5) is 1.10. The van der Waals surface area contributed by atoms with Crippen molar-refractivity contribution in [2.75, 3.05) is 5.43 Å². The first-order valence-electron chi connectivity index (χ1n) is 8.38. The van der Waals surface area contributed by atoms with Crippen LogP contribution in [0.1, 0.15) is 5.56 Å². The van der Waals surface area contributed by atoms with Crippen LogP contribution in [0.4, 0.5) is 5.69 Å². The third-order valence-electron chi connectivity index (χ3n) is 4.21. The van der Waals surface area contributed by atoms with Crippen LogP contribution in [0.5, 0.6) is 0 Å². The van der Waals surface area contributed by atoms with E-state index in [-0.39, 0.29) is 10.5 Å². The third kappa shape index (κ3) is 3.70. The molecule has 0 amide bonds. The highest BCUT2D eigenvalue weighted by Crippen LogP contribution is 2.44. The van der Waals surface area contributed by atoms with Crippen LogP contribution in [0, 0.1) is 11.3 Å². The number of fused-ring (bicyclic) bond motifs is 1. The van der Waals surface area contributed by atoms with Crippen molar-refractivity contribution < 1.29 is 0 Å². The lowest BCUT2D eigenvalue weighted by Crippen LogP contribution is -2.28. The van der Waals surface area contributed by atoms with Crippen LogP contribution in [0.25, 0.3) is 0 Å². The van der Waals surface area contributed by atoms with Crippen LogP contribution in [0.2, 0.25) is 0 Å². The van der Waals surface area contributed by atoms with Gasteiger partial charge in [0.15, 0.2) is 0 Å². The van der Waals surface area contributed by atoms with Crippen LogP contribution in [0.15, 0.2) is 93.2 Å².